The van der Waals surface area contributed by atoms with Gasteiger partial charge in [0.15, 0.2) is 0 Å². The number of carbonyl (C=O) groups excluding carboxylic acids is 1. The lowest BCUT2D eigenvalue weighted by atomic mass is 9.85. The molecule has 1 saturated carbocycles. The molecule has 0 aromatic heterocycles. The van der Waals surface area contributed by atoms with E-state index in [4.69, 9.17) is 16.3 Å². The molecule has 2 atom stereocenters. The summed E-state index contributed by atoms with van der Waals surface area (Å²) in [6.45, 7) is 2.17. The second kappa shape index (κ2) is 6.28. The Morgan fingerprint density at radius 2 is 2.14 bits per heavy atom. The predicted octanol–water partition coefficient (Wildman–Crippen LogP) is 3.13. The van der Waals surface area contributed by atoms with Gasteiger partial charge in [-0.2, -0.15) is 0 Å². The number of ether oxygens (including phenoxy) is 1. The SMILES string of the molecule is CCC1CCCCC1OC(=O)CCCl. The fourth-order valence-electron chi connectivity index (χ4n) is 2.10. The first kappa shape index (κ1) is 11.8. The third kappa shape index (κ3) is 3.49. The van der Waals surface area contributed by atoms with Gasteiger partial charge in [0.1, 0.15) is 6.10 Å². The van der Waals surface area contributed by atoms with Crippen LogP contribution in [0.4, 0.5) is 0 Å². The average molecular weight is 219 g/mol. The predicted molar refractivity (Wildman–Crippen MR) is 57.5 cm³/mol. The van der Waals surface area contributed by atoms with Crippen molar-refractivity contribution < 1.29 is 9.53 Å². The van der Waals surface area contributed by atoms with E-state index < -0.39 is 0 Å². The summed E-state index contributed by atoms with van der Waals surface area (Å²) in [5.41, 5.74) is 0. The minimum atomic E-state index is -0.134. The Kier molecular flexibility index (Phi) is 5.31. The molecule has 1 aliphatic carbocycles. The third-order valence-corrected chi connectivity index (χ3v) is 3.13. The number of rotatable bonds is 4. The summed E-state index contributed by atoms with van der Waals surface area (Å²) >= 11 is 5.48. The molecular formula is C11H19ClO2. The van der Waals surface area contributed by atoms with E-state index >= 15 is 0 Å². The van der Waals surface area contributed by atoms with Crippen molar-refractivity contribution in [2.24, 2.45) is 5.92 Å². The van der Waals surface area contributed by atoms with Crippen molar-refractivity contribution in [1.29, 1.82) is 0 Å². The van der Waals surface area contributed by atoms with E-state index in [1.807, 2.05) is 0 Å². The van der Waals surface area contributed by atoms with Gasteiger partial charge in [-0.15, -0.1) is 11.6 Å². The lowest BCUT2D eigenvalue weighted by Crippen LogP contribution is -2.29. The van der Waals surface area contributed by atoms with Crippen LogP contribution < -0.4 is 0 Å². The second-order valence-electron chi connectivity index (χ2n) is 3.92. The minimum absolute atomic E-state index is 0.134. The Hall–Kier alpha value is -0.240. The number of alkyl halides is 1. The molecule has 82 valence electrons. The minimum Gasteiger partial charge on any atom is -0.462 e. The Balaban J connectivity index is 2.36. The summed E-state index contributed by atoms with van der Waals surface area (Å²) in [5, 5.41) is 0. The molecule has 14 heavy (non-hydrogen) atoms. The highest BCUT2D eigenvalue weighted by atomic mass is 35.5. The van der Waals surface area contributed by atoms with Crippen LogP contribution in [-0.4, -0.2) is 18.0 Å². The van der Waals surface area contributed by atoms with Crippen LogP contribution in [0.3, 0.4) is 0 Å². The van der Waals surface area contributed by atoms with Gasteiger partial charge in [-0.1, -0.05) is 13.3 Å². The van der Waals surface area contributed by atoms with Crippen molar-refractivity contribution in [1.82, 2.24) is 0 Å². The summed E-state index contributed by atoms with van der Waals surface area (Å²) < 4.78 is 5.41. The van der Waals surface area contributed by atoms with Crippen LogP contribution in [-0.2, 0) is 9.53 Å². The number of hydrogen-bond acceptors (Lipinski definition) is 2. The Morgan fingerprint density at radius 1 is 1.43 bits per heavy atom. The van der Waals surface area contributed by atoms with Crippen LogP contribution in [0, 0.1) is 5.92 Å². The van der Waals surface area contributed by atoms with Crippen LogP contribution in [0.5, 0.6) is 0 Å². The van der Waals surface area contributed by atoms with Crippen molar-refractivity contribution in [3.8, 4) is 0 Å². The Bertz CT molecular complexity index is 182. The van der Waals surface area contributed by atoms with Crippen LogP contribution in [0.2, 0.25) is 0 Å². The van der Waals surface area contributed by atoms with Gasteiger partial charge in [-0.05, 0) is 31.6 Å². The monoisotopic (exact) mass is 218 g/mol. The summed E-state index contributed by atoms with van der Waals surface area (Å²) in [6, 6.07) is 0. The fourth-order valence-corrected chi connectivity index (χ4v) is 2.26. The zero-order chi connectivity index (χ0) is 10.4. The van der Waals surface area contributed by atoms with Crippen LogP contribution in [0.25, 0.3) is 0 Å². The zero-order valence-electron chi connectivity index (χ0n) is 8.80. The van der Waals surface area contributed by atoms with E-state index in [2.05, 4.69) is 6.92 Å². The van der Waals surface area contributed by atoms with E-state index in [0.29, 0.717) is 18.2 Å². The van der Waals surface area contributed by atoms with Crippen molar-refractivity contribution in [3.63, 3.8) is 0 Å². The highest BCUT2D eigenvalue weighted by Gasteiger charge is 2.26. The molecule has 3 heteroatoms. The maximum absolute atomic E-state index is 11.3. The molecule has 0 aliphatic heterocycles. The summed E-state index contributed by atoms with van der Waals surface area (Å²) in [4.78, 5) is 11.3. The molecule has 0 saturated heterocycles. The molecule has 2 nitrogen and oxygen atoms in total. The number of hydrogen-bond donors (Lipinski definition) is 0. The molecular weight excluding hydrogens is 200 g/mol. The van der Waals surface area contributed by atoms with E-state index in [9.17, 15) is 4.79 Å². The number of halogens is 1. The van der Waals surface area contributed by atoms with Crippen molar-refractivity contribution in [2.75, 3.05) is 5.88 Å². The molecule has 0 radical (unpaired) electrons. The quantitative estimate of drug-likeness (QED) is 0.535. The lowest BCUT2D eigenvalue weighted by Gasteiger charge is -2.30. The molecule has 1 rings (SSSR count). The summed E-state index contributed by atoms with van der Waals surface area (Å²) in [7, 11) is 0. The first-order valence-electron chi connectivity index (χ1n) is 5.53. The first-order valence-corrected chi connectivity index (χ1v) is 6.06. The smallest absolute Gasteiger partial charge is 0.307 e. The van der Waals surface area contributed by atoms with Gasteiger partial charge in [0.05, 0.1) is 6.42 Å². The molecule has 1 fully saturated rings. The van der Waals surface area contributed by atoms with Crippen molar-refractivity contribution in [3.05, 3.63) is 0 Å². The average Bonchev–Trinajstić information content (AvgIpc) is 2.19. The molecule has 0 bridgehead atoms. The molecule has 0 spiro atoms. The van der Waals surface area contributed by atoms with Gasteiger partial charge in [-0.3, -0.25) is 4.79 Å². The fraction of sp³-hybridized carbons (Fsp3) is 0.909. The highest BCUT2D eigenvalue weighted by molar-refractivity contribution is 6.18. The summed E-state index contributed by atoms with van der Waals surface area (Å²) in [6.07, 6.45) is 6.32. The Morgan fingerprint density at radius 3 is 2.79 bits per heavy atom. The molecule has 1 aliphatic rings. The van der Waals surface area contributed by atoms with Gasteiger partial charge < -0.3 is 4.74 Å². The van der Waals surface area contributed by atoms with E-state index in [1.54, 1.807) is 0 Å². The zero-order valence-corrected chi connectivity index (χ0v) is 9.55. The van der Waals surface area contributed by atoms with Gasteiger partial charge in [-0.25, -0.2) is 0 Å². The van der Waals surface area contributed by atoms with Gasteiger partial charge in [0.2, 0.25) is 0 Å². The molecule has 0 heterocycles. The van der Waals surface area contributed by atoms with E-state index in [0.717, 1.165) is 12.8 Å². The van der Waals surface area contributed by atoms with Gasteiger partial charge in [0, 0.05) is 5.88 Å². The first-order chi connectivity index (χ1) is 6.77. The molecule has 2 unspecified atom stereocenters. The molecule has 0 amide bonds. The second-order valence-corrected chi connectivity index (χ2v) is 4.30. The Labute approximate surface area is 91.0 Å². The normalized spacial score (nSPS) is 27.3. The van der Waals surface area contributed by atoms with Crippen molar-refractivity contribution in [2.45, 2.75) is 51.6 Å². The maximum Gasteiger partial charge on any atom is 0.307 e. The van der Waals surface area contributed by atoms with Gasteiger partial charge in [0.25, 0.3) is 0 Å². The maximum atomic E-state index is 11.3. The standard InChI is InChI=1S/C11H19ClO2/c1-2-9-5-3-4-6-10(9)14-11(13)7-8-12/h9-10H,2-8H2,1H3. The highest BCUT2D eigenvalue weighted by Crippen LogP contribution is 2.29. The van der Waals surface area contributed by atoms with Crippen LogP contribution >= 0.6 is 11.6 Å². The third-order valence-electron chi connectivity index (χ3n) is 2.95. The van der Waals surface area contributed by atoms with Crippen molar-refractivity contribution >= 4 is 17.6 Å². The van der Waals surface area contributed by atoms with Crippen LogP contribution in [0.15, 0.2) is 0 Å². The molecule has 0 aromatic carbocycles. The van der Waals surface area contributed by atoms with Crippen LogP contribution in [0.1, 0.15) is 45.4 Å². The largest absolute Gasteiger partial charge is 0.462 e. The number of carbonyl (C=O) groups is 1. The molecule has 0 N–H and O–H groups in total. The topological polar surface area (TPSA) is 26.3 Å². The van der Waals surface area contributed by atoms with E-state index in [-0.39, 0.29) is 12.1 Å². The van der Waals surface area contributed by atoms with Gasteiger partial charge >= 0.3 is 5.97 Å². The molecule has 0 aromatic rings. The lowest BCUT2D eigenvalue weighted by molar-refractivity contribution is -0.153. The van der Waals surface area contributed by atoms with E-state index in [1.165, 1.54) is 19.3 Å². The summed E-state index contributed by atoms with van der Waals surface area (Å²) in [5.74, 6) is 0.802. The number of esters is 1.